The number of nitro groups is 1. The largest absolute Gasteiger partial charge is 0.378 e. The summed E-state index contributed by atoms with van der Waals surface area (Å²) in [5, 5.41) is 18.2. The van der Waals surface area contributed by atoms with Crippen molar-refractivity contribution in [2.75, 3.05) is 41.9 Å². The van der Waals surface area contributed by atoms with Gasteiger partial charge in [-0.2, -0.15) is 20.1 Å². The highest BCUT2D eigenvalue weighted by Crippen LogP contribution is 2.21. The number of hydrazone groups is 1. The van der Waals surface area contributed by atoms with Crippen LogP contribution < -0.4 is 15.6 Å². The summed E-state index contributed by atoms with van der Waals surface area (Å²) in [6.45, 7) is 4.43. The van der Waals surface area contributed by atoms with E-state index in [1.54, 1.807) is 18.3 Å². The maximum absolute atomic E-state index is 10.9. The molecule has 4 rings (SSSR count). The number of ether oxygens (including phenoxy) is 1. The Hall–Kier alpha value is -4.38. The molecule has 2 aromatic carbocycles. The number of benzene rings is 2. The van der Waals surface area contributed by atoms with Crippen molar-refractivity contribution in [3.63, 3.8) is 0 Å². The third-order valence-electron chi connectivity index (χ3n) is 4.88. The molecule has 11 nitrogen and oxygen atoms in total. The Morgan fingerprint density at radius 1 is 1.06 bits per heavy atom. The lowest BCUT2D eigenvalue weighted by Crippen LogP contribution is -2.37. The van der Waals surface area contributed by atoms with Gasteiger partial charge in [0.1, 0.15) is 0 Å². The molecule has 0 amide bonds. The Morgan fingerprint density at radius 3 is 2.47 bits per heavy atom. The second-order valence-corrected chi connectivity index (χ2v) is 7.48. The summed E-state index contributed by atoms with van der Waals surface area (Å²) in [6.07, 6.45) is 3.70. The number of hydrogen-bond acceptors (Lipinski definition) is 10. The Bertz CT molecular complexity index is 1180. The molecule has 0 bridgehead atoms. The molecule has 0 unspecified atom stereocenters. The number of morpholine rings is 1. The van der Waals surface area contributed by atoms with Crippen molar-refractivity contribution >= 4 is 41.5 Å². The maximum atomic E-state index is 10.9. The van der Waals surface area contributed by atoms with E-state index >= 15 is 0 Å². The number of nitrogens with zero attached hydrogens (tertiary/aromatic N) is 6. The predicted molar refractivity (Wildman–Crippen MR) is 131 cm³/mol. The first-order valence-corrected chi connectivity index (χ1v) is 10.7. The van der Waals surface area contributed by atoms with Gasteiger partial charge >= 0.3 is 0 Å². The molecule has 34 heavy (non-hydrogen) atoms. The first-order chi connectivity index (χ1) is 16.6. The molecule has 3 aromatic rings. The molecular weight excluding hydrogens is 436 g/mol. The van der Waals surface area contributed by atoms with Gasteiger partial charge in [0, 0.05) is 30.9 Å². The van der Waals surface area contributed by atoms with Gasteiger partial charge in [-0.15, -0.1) is 0 Å². The molecule has 174 valence electrons. The molecule has 2 heterocycles. The van der Waals surface area contributed by atoms with Crippen molar-refractivity contribution in [3.05, 3.63) is 75.8 Å². The van der Waals surface area contributed by atoms with Gasteiger partial charge in [0.2, 0.25) is 17.8 Å². The molecule has 1 aromatic heterocycles. The fourth-order valence-corrected chi connectivity index (χ4v) is 3.21. The normalized spacial score (nSPS) is 14.3. The summed E-state index contributed by atoms with van der Waals surface area (Å²) in [5.74, 6) is 1.04. The van der Waals surface area contributed by atoms with Crippen LogP contribution in [-0.4, -0.2) is 52.4 Å². The highest BCUT2D eigenvalue weighted by molar-refractivity contribution is 5.85. The Kier molecular flexibility index (Phi) is 7.35. The van der Waals surface area contributed by atoms with Crippen LogP contribution in [0.5, 0.6) is 0 Å². The average molecular weight is 460 g/mol. The smallest absolute Gasteiger partial charge is 0.269 e. The molecule has 1 aliphatic rings. The number of hydrogen-bond donors (Lipinski definition) is 2. The molecule has 0 radical (unpaired) electrons. The van der Waals surface area contributed by atoms with Gasteiger partial charge in [0.25, 0.3) is 5.69 Å². The SMILES string of the molecule is CC(/C=N\Nc1nc(Nc2ccc([N+](=O)[O-])cc2)nc(N2CCOCC2)n1)=C\c1ccccc1. The topological polar surface area (TPSA) is 131 Å². The van der Waals surface area contributed by atoms with E-state index in [-0.39, 0.29) is 11.6 Å². The van der Waals surface area contributed by atoms with Gasteiger partial charge in [-0.05, 0) is 30.2 Å². The summed E-state index contributed by atoms with van der Waals surface area (Å²) in [7, 11) is 0. The summed E-state index contributed by atoms with van der Waals surface area (Å²) >= 11 is 0. The van der Waals surface area contributed by atoms with E-state index in [2.05, 4.69) is 30.8 Å². The van der Waals surface area contributed by atoms with Gasteiger partial charge in [-0.3, -0.25) is 10.1 Å². The second kappa shape index (κ2) is 11.0. The van der Waals surface area contributed by atoms with E-state index in [9.17, 15) is 10.1 Å². The van der Waals surface area contributed by atoms with Crippen LogP contribution in [0.25, 0.3) is 6.08 Å². The fraction of sp³-hybridized carbons (Fsp3) is 0.217. The molecular formula is C23H24N8O3. The van der Waals surface area contributed by atoms with Crippen LogP contribution in [0.3, 0.4) is 0 Å². The van der Waals surface area contributed by atoms with E-state index in [0.29, 0.717) is 43.9 Å². The molecule has 1 fully saturated rings. The molecule has 1 aliphatic heterocycles. The molecule has 1 saturated heterocycles. The minimum atomic E-state index is -0.447. The lowest BCUT2D eigenvalue weighted by Gasteiger charge is -2.27. The third-order valence-corrected chi connectivity index (χ3v) is 4.88. The van der Waals surface area contributed by atoms with Crippen LogP contribution in [0.2, 0.25) is 0 Å². The number of nitro benzene ring substituents is 1. The first kappa shape index (κ1) is 22.8. The lowest BCUT2D eigenvalue weighted by molar-refractivity contribution is -0.384. The van der Waals surface area contributed by atoms with Crippen molar-refractivity contribution in [1.29, 1.82) is 0 Å². The van der Waals surface area contributed by atoms with Crippen molar-refractivity contribution < 1.29 is 9.66 Å². The van der Waals surface area contributed by atoms with Gasteiger partial charge in [0.15, 0.2) is 0 Å². The van der Waals surface area contributed by atoms with E-state index in [0.717, 1.165) is 11.1 Å². The fourth-order valence-electron chi connectivity index (χ4n) is 3.21. The Balaban J connectivity index is 1.53. The van der Waals surface area contributed by atoms with Gasteiger partial charge < -0.3 is 15.0 Å². The zero-order chi connectivity index (χ0) is 23.8. The number of rotatable bonds is 8. The van der Waals surface area contributed by atoms with Crippen LogP contribution in [0.15, 0.2) is 65.3 Å². The Labute approximate surface area is 196 Å². The van der Waals surface area contributed by atoms with Crippen LogP contribution >= 0.6 is 0 Å². The predicted octanol–water partition coefficient (Wildman–Crippen LogP) is 3.86. The van der Waals surface area contributed by atoms with Crippen molar-refractivity contribution in [2.24, 2.45) is 5.10 Å². The summed E-state index contributed by atoms with van der Waals surface area (Å²) < 4.78 is 5.42. The average Bonchev–Trinajstić information content (AvgIpc) is 2.85. The van der Waals surface area contributed by atoms with E-state index in [4.69, 9.17) is 4.74 Å². The van der Waals surface area contributed by atoms with Gasteiger partial charge in [-0.1, -0.05) is 36.4 Å². The number of allylic oxidation sites excluding steroid dienone is 1. The molecule has 11 heteroatoms. The van der Waals surface area contributed by atoms with E-state index < -0.39 is 4.92 Å². The quantitative estimate of drug-likeness (QED) is 0.292. The minimum Gasteiger partial charge on any atom is -0.378 e. The van der Waals surface area contributed by atoms with E-state index in [1.165, 1.54) is 12.1 Å². The van der Waals surface area contributed by atoms with Crippen molar-refractivity contribution in [3.8, 4) is 0 Å². The zero-order valence-electron chi connectivity index (χ0n) is 18.6. The van der Waals surface area contributed by atoms with Gasteiger partial charge in [0.05, 0.1) is 24.4 Å². The summed E-state index contributed by atoms with van der Waals surface area (Å²) in [4.78, 5) is 25.8. The van der Waals surface area contributed by atoms with Crippen LogP contribution in [0.1, 0.15) is 12.5 Å². The van der Waals surface area contributed by atoms with Crippen molar-refractivity contribution in [1.82, 2.24) is 15.0 Å². The van der Waals surface area contributed by atoms with E-state index in [1.807, 2.05) is 48.2 Å². The van der Waals surface area contributed by atoms with Crippen LogP contribution in [-0.2, 0) is 4.74 Å². The van der Waals surface area contributed by atoms with Crippen LogP contribution in [0, 0.1) is 10.1 Å². The summed E-state index contributed by atoms with van der Waals surface area (Å²) in [6, 6.07) is 16.0. The molecule has 0 aliphatic carbocycles. The van der Waals surface area contributed by atoms with Crippen LogP contribution in [0.4, 0.5) is 29.2 Å². The molecule has 0 spiro atoms. The lowest BCUT2D eigenvalue weighted by atomic mass is 10.1. The van der Waals surface area contributed by atoms with Crippen molar-refractivity contribution in [2.45, 2.75) is 6.92 Å². The standard InChI is InChI=1S/C23H24N8O3/c1-17(15-18-5-3-2-4-6-18)16-24-29-22-26-21(25-19-7-9-20(10-8-19)31(32)33)27-23(28-22)30-11-13-34-14-12-30/h2-10,15-16H,11-14H2,1H3,(H2,25,26,27,28,29)/b17-15+,24-16-. The monoisotopic (exact) mass is 460 g/mol. The molecule has 2 N–H and O–H groups in total. The zero-order valence-corrected chi connectivity index (χ0v) is 18.6. The highest BCUT2D eigenvalue weighted by atomic mass is 16.6. The number of non-ortho nitro benzene ring substituents is 1. The highest BCUT2D eigenvalue weighted by Gasteiger charge is 2.17. The second-order valence-electron chi connectivity index (χ2n) is 7.48. The third kappa shape index (κ3) is 6.33. The molecule has 0 saturated carbocycles. The number of aromatic nitrogens is 3. The minimum absolute atomic E-state index is 0.00539. The number of nitrogens with one attached hydrogen (secondary N) is 2. The Morgan fingerprint density at radius 2 is 1.76 bits per heavy atom. The first-order valence-electron chi connectivity index (χ1n) is 10.7. The van der Waals surface area contributed by atoms with Gasteiger partial charge in [-0.25, -0.2) is 5.43 Å². The number of anilines is 4. The summed E-state index contributed by atoms with van der Waals surface area (Å²) in [5.41, 5.74) is 5.52. The molecule has 0 atom stereocenters. The maximum Gasteiger partial charge on any atom is 0.269 e.